The summed E-state index contributed by atoms with van der Waals surface area (Å²) in [5.74, 6) is 0. The molecule has 44 valence electrons. The van der Waals surface area contributed by atoms with E-state index in [1.165, 1.54) is 5.56 Å². The van der Waals surface area contributed by atoms with Gasteiger partial charge in [-0.15, -0.1) is 0 Å². The molecular weight excluding hydrogens is 168 g/mol. The molecule has 1 aromatic rings. The van der Waals surface area contributed by atoms with Gasteiger partial charge in [0.15, 0.2) is 0 Å². The third kappa shape index (κ3) is 1.13. The molecule has 0 aromatic carbocycles. The van der Waals surface area contributed by atoms with Crippen molar-refractivity contribution < 1.29 is 4.42 Å². The molecule has 0 saturated carbocycles. The van der Waals surface area contributed by atoms with Gasteiger partial charge >= 0.3 is 0 Å². The standard InChI is InChI=1S/C6H7BrO/c1-5(7)6-2-3-8-4-6/h2-5H,1H3. The molecule has 0 aliphatic rings. The van der Waals surface area contributed by atoms with E-state index in [4.69, 9.17) is 4.42 Å². The molecule has 1 aromatic heterocycles. The van der Waals surface area contributed by atoms with E-state index >= 15 is 0 Å². The highest BCUT2D eigenvalue weighted by Crippen LogP contribution is 2.20. The Bertz CT molecular complexity index is 144. The van der Waals surface area contributed by atoms with Crippen LogP contribution in [0.2, 0.25) is 0 Å². The summed E-state index contributed by atoms with van der Waals surface area (Å²) < 4.78 is 4.85. The second kappa shape index (κ2) is 2.35. The minimum atomic E-state index is 0.404. The number of rotatable bonds is 1. The summed E-state index contributed by atoms with van der Waals surface area (Å²) in [6.45, 7) is 2.06. The fourth-order valence-electron chi connectivity index (χ4n) is 0.501. The lowest BCUT2D eigenvalue weighted by Gasteiger charge is -1.92. The van der Waals surface area contributed by atoms with Crippen LogP contribution in [0, 0.1) is 0 Å². The first-order valence-corrected chi connectivity index (χ1v) is 3.38. The van der Waals surface area contributed by atoms with Crippen LogP contribution in [-0.2, 0) is 0 Å². The van der Waals surface area contributed by atoms with Crippen molar-refractivity contribution in [2.24, 2.45) is 0 Å². The maximum atomic E-state index is 4.85. The highest BCUT2D eigenvalue weighted by Gasteiger charge is 1.98. The maximum absolute atomic E-state index is 4.85. The first-order valence-electron chi connectivity index (χ1n) is 2.47. The summed E-state index contributed by atoms with van der Waals surface area (Å²) >= 11 is 3.40. The van der Waals surface area contributed by atoms with Gasteiger partial charge in [-0.2, -0.15) is 0 Å². The van der Waals surface area contributed by atoms with Crippen molar-refractivity contribution in [2.45, 2.75) is 11.8 Å². The Morgan fingerprint density at radius 3 is 2.75 bits per heavy atom. The van der Waals surface area contributed by atoms with Crippen LogP contribution in [0.15, 0.2) is 23.0 Å². The minimum Gasteiger partial charge on any atom is -0.472 e. The summed E-state index contributed by atoms with van der Waals surface area (Å²) in [6, 6.07) is 1.94. The van der Waals surface area contributed by atoms with Crippen molar-refractivity contribution in [1.29, 1.82) is 0 Å². The van der Waals surface area contributed by atoms with Crippen molar-refractivity contribution >= 4 is 15.9 Å². The molecule has 0 fully saturated rings. The highest BCUT2D eigenvalue weighted by atomic mass is 79.9. The Morgan fingerprint density at radius 1 is 1.75 bits per heavy atom. The van der Waals surface area contributed by atoms with E-state index in [-0.39, 0.29) is 0 Å². The van der Waals surface area contributed by atoms with Crippen LogP contribution in [0.1, 0.15) is 17.3 Å². The zero-order chi connectivity index (χ0) is 5.98. The SMILES string of the molecule is CC(Br)c1ccoc1. The van der Waals surface area contributed by atoms with Crippen LogP contribution >= 0.6 is 15.9 Å². The summed E-state index contributed by atoms with van der Waals surface area (Å²) in [7, 11) is 0. The van der Waals surface area contributed by atoms with Crippen LogP contribution in [0.5, 0.6) is 0 Å². The van der Waals surface area contributed by atoms with Gasteiger partial charge < -0.3 is 4.42 Å². The molecular formula is C6H7BrO. The number of alkyl halides is 1. The fourth-order valence-corrected chi connectivity index (χ4v) is 0.762. The Kier molecular flexibility index (Phi) is 1.73. The molecule has 0 aliphatic carbocycles. The molecule has 1 nitrogen and oxygen atoms in total. The first kappa shape index (κ1) is 5.89. The topological polar surface area (TPSA) is 13.1 Å². The highest BCUT2D eigenvalue weighted by molar-refractivity contribution is 9.09. The molecule has 0 amide bonds. The molecule has 1 atom stereocenters. The molecule has 0 radical (unpaired) electrons. The third-order valence-corrected chi connectivity index (χ3v) is 1.53. The van der Waals surface area contributed by atoms with E-state index in [2.05, 4.69) is 22.9 Å². The smallest absolute Gasteiger partial charge is 0.0945 e. The molecule has 2 heteroatoms. The van der Waals surface area contributed by atoms with Gasteiger partial charge in [-0.1, -0.05) is 15.9 Å². The molecule has 1 unspecified atom stereocenters. The van der Waals surface area contributed by atoms with E-state index in [0.717, 1.165) is 0 Å². The fraction of sp³-hybridized carbons (Fsp3) is 0.333. The van der Waals surface area contributed by atoms with Gasteiger partial charge in [0.2, 0.25) is 0 Å². The van der Waals surface area contributed by atoms with Crippen LogP contribution in [-0.4, -0.2) is 0 Å². The maximum Gasteiger partial charge on any atom is 0.0945 e. The predicted molar refractivity (Wildman–Crippen MR) is 36.1 cm³/mol. The van der Waals surface area contributed by atoms with Gasteiger partial charge in [-0.25, -0.2) is 0 Å². The lowest BCUT2D eigenvalue weighted by atomic mass is 10.3. The Labute approximate surface area is 56.8 Å². The largest absolute Gasteiger partial charge is 0.472 e. The molecule has 0 aliphatic heterocycles. The molecule has 1 rings (SSSR count). The number of halogens is 1. The number of hydrogen-bond donors (Lipinski definition) is 0. The van der Waals surface area contributed by atoms with E-state index in [1.54, 1.807) is 12.5 Å². The predicted octanol–water partition coefficient (Wildman–Crippen LogP) is 2.74. The summed E-state index contributed by atoms with van der Waals surface area (Å²) in [5, 5.41) is 0. The van der Waals surface area contributed by atoms with Gasteiger partial charge in [0.05, 0.1) is 12.5 Å². The minimum absolute atomic E-state index is 0.404. The van der Waals surface area contributed by atoms with Crippen molar-refractivity contribution in [3.05, 3.63) is 24.2 Å². The number of hydrogen-bond acceptors (Lipinski definition) is 1. The first-order chi connectivity index (χ1) is 3.80. The van der Waals surface area contributed by atoms with Gasteiger partial charge in [0.1, 0.15) is 0 Å². The number of furan rings is 1. The van der Waals surface area contributed by atoms with Crippen molar-refractivity contribution in [2.75, 3.05) is 0 Å². The monoisotopic (exact) mass is 174 g/mol. The lowest BCUT2D eigenvalue weighted by Crippen LogP contribution is -1.74. The Morgan fingerprint density at radius 2 is 2.50 bits per heavy atom. The van der Waals surface area contributed by atoms with Crippen LogP contribution in [0.25, 0.3) is 0 Å². The molecule has 0 saturated heterocycles. The van der Waals surface area contributed by atoms with E-state index < -0.39 is 0 Å². The van der Waals surface area contributed by atoms with Gasteiger partial charge in [0, 0.05) is 10.4 Å². The lowest BCUT2D eigenvalue weighted by molar-refractivity contribution is 0.564. The van der Waals surface area contributed by atoms with Gasteiger partial charge in [-0.3, -0.25) is 0 Å². The Hall–Kier alpha value is -0.240. The zero-order valence-electron chi connectivity index (χ0n) is 4.60. The van der Waals surface area contributed by atoms with Crippen LogP contribution < -0.4 is 0 Å². The van der Waals surface area contributed by atoms with Crippen molar-refractivity contribution in [1.82, 2.24) is 0 Å². The summed E-state index contributed by atoms with van der Waals surface area (Å²) in [4.78, 5) is 0.404. The van der Waals surface area contributed by atoms with Gasteiger partial charge in [0.25, 0.3) is 0 Å². The van der Waals surface area contributed by atoms with E-state index in [9.17, 15) is 0 Å². The molecule has 0 bridgehead atoms. The second-order valence-electron chi connectivity index (χ2n) is 1.67. The van der Waals surface area contributed by atoms with E-state index in [1.807, 2.05) is 6.07 Å². The molecule has 0 N–H and O–H groups in total. The normalized spacial score (nSPS) is 13.8. The summed E-state index contributed by atoms with van der Waals surface area (Å²) in [5.41, 5.74) is 1.19. The summed E-state index contributed by atoms with van der Waals surface area (Å²) in [6.07, 6.45) is 3.41. The average Bonchev–Trinajstić information content (AvgIpc) is 2.12. The average molecular weight is 175 g/mol. The molecule has 8 heavy (non-hydrogen) atoms. The molecule has 1 heterocycles. The second-order valence-corrected chi connectivity index (χ2v) is 3.05. The van der Waals surface area contributed by atoms with Crippen LogP contribution in [0.4, 0.5) is 0 Å². The third-order valence-electron chi connectivity index (χ3n) is 1.00. The molecule has 0 spiro atoms. The van der Waals surface area contributed by atoms with Crippen molar-refractivity contribution in [3.63, 3.8) is 0 Å². The quantitative estimate of drug-likeness (QED) is 0.598. The zero-order valence-corrected chi connectivity index (χ0v) is 6.18. The van der Waals surface area contributed by atoms with Gasteiger partial charge in [-0.05, 0) is 13.0 Å². The van der Waals surface area contributed by atoms with Crippen LogP contribution in [0.3, 0.4) is 0 Å². The Balaban J connectivity index is 2.77. The van der Waals surface area contributed by atoms with Crippen molar-refractivity contribution in [3.8, 4) is 0 Å². The van der Waals surface area contributed by atoms with E-state index in [0.29, 0.717) is 4.83 Å².